The topological polar surface area (TPSA) is 56.8 Å². The summed E-state index contributed by atoms with van der Waals surface area (Å²) in [5, 5.41) is 3.21. The van der Waals surface area contributed by atoms with Gasteiger partial charge in [0.2, 0.25) is 0 Å². The van der Waals surface area contributed by atoms with E-state index in [1.165, 1.54) is 6.42 Å². The first-order valence-corrected chi connectivity index (χ1v) is 13.5. The van der Waals surface area contributed by atoms with Crippen molar-refractivity contribution >= 4 is 22.0 Å². The Morgan fingerprint density at radius 2 is 1.74 bits per heavy atom. The summed E-state index contributed by atoms with van der Waals surface area (Å²) in [4.78, 5) is 13.3. The van der Waals surface area contributed by atoms with E-state index >= 15 is 0 Å². The zero-order valence-corrected chi connectivity index (χ0v) is 23.5. The maximum Gasteiger partial charge on any atom is 0.407 e. The number of benzene rings is 2. The zero-order chi connectivity index (χ0) is 25.5. The monoisotopic (exact) mass is 545 g/mol. The SMILES string of the molecule is CCc1cc(OC)c(OC)cc1C(Cc1ccc(Br)cc1)NC(=O)OC1C[C@@H](C)CC[C@@H]1C(C)C. The van der Waals surface area contributed by atoms with E-state index in [2.05, 4.69) is 61.1 Å². The molecule has 192 valence electrons. The van der Waals surface area contributed by atoms with Crippen LogP contribution in [0.3, 0.4) is 0 Å². The van der Waals surface area contributed by atoms with Gasteiger partial charge in [-0.05, 0) is 84.4 Å². The third-order valence-corrected chi connectivity index (χ3v) is 7.80. The maximum atomic E-state index is 13.3. The maximum absolute atomic E-state index is 13.3. The molecule has 4 atom stereocenters. The Kier molecular flexibility index (Phi) is 9.90. The minimum absolute atomic E-state index is 0.0527. The molecule has 1 amide bonds. The molecule has 1 saturated carbocycles. The molecule has 0 spiro atoms. The molecule has 6 heteroatoms. The highest BCUT2D eigenvalue weighted by Gasteiger charge is 2.34. The van der Waals surface area contributed by atoms with Crippen LogP contribution in [0.5, 0.6) is 11.5 Å². The number of carbonyl (C=O) groups excluding carboxylic acids is 1. The summed E-state index contributed by atoms with van der Waals surface area (Å²) in [7, 11) is 3.27. The predicted octanol–water partition coefficient (Wildman–Crippen LogP) is 7.50. The van der Waals surface area contributed by atoms with Gasteiger partial charge in [-0.3, -0.25) is 0 Å². The quantitative estimate of drug-likeness (QED) is 0.354. The Morgan fingerprint density at radius 3 is 2.34 bits per heavy atom. The Balaban J connectivity index is 1.90. The van der Waals surface area contributed by atoms with Crippen molar-refractivity contribution in [2.24, 2.45) is 17.8 Å². The van der Waals surface area contributed by atoms with E-state index in [1.807, 2.05) is 24.3 Å². The molecule has 0 aromatic heterocycles. The van der Waals surface area contributed by atoms with Gasteiger partial charge < -0.3 is 19.5 Å². The molecule has 0 radical (unpaired) electrons. The third kappa shape index (κ3) is 7.16. The summed E-state index contributed by atoms with van der Waals surface area (Å²) in [6.07, 6.45) is 4.26. The summed E-state index contributed by atoms with van der Waals surface area (Å²) in [5.74, 6) is 2.79. The van der Waals surface area contributed by atoms with Crippen LogP contribution in [0.1, 0.15) is 69.7 Å². The van der Waals surface area contributed by atoms with Crippen molar-refractivity contribution in [1.82, 2.24) is 5.32 Å². The average Bonchev–Trinajstić information content (AvgIpc) is 2.83. The molecule has 2 aromatic carbocycles. The number of hydrogen-bond acceptors (Lipinski definition) is 4. The highest BCUT2D eigenvalue weighted by Crippen LogP contribution is 2.37. The number of nitrogens with one attached hydrogen (secondary N) is 1. The Morgan fingerprint density at radius 1 is 1.09 bits per heavy atom. The van der Waals surface area contributed by atoms with Gasteiger partial charge in [-0.1, -0.05) is 62.2 Å². The second-order valence-corrected chi connectivity index (χ2v) is 11.0. The number of hydrogen-bond donors (Lipinski definition) is 1. The first-order chi connectivity index (χ1) is 16.7. The van der Waals surface area contributed by atoms with E-state index in [4.69, 9.17) is 14.2 Å². The van der Waals surface area contributed by atoms with Crippen LogP contribution in [-0.4, -0.2) is 26.4 Å². The van der Waals surface area contributed by atoms with Gasteiger partial charge in [0.15, 0.2) is 11.5 Å². The lowest BCUT2D eigenvalue weighted by Gasteiger charge is -2.37. The average molecular weight is 547 g/mol. The van der Waals surface area contributed by atoms with Crippen LogP contribution in [0.25, 0.3) is 0 Å². The number of rotatable bonds is 9. The summed E-state index contributed by atoms with van der Waals surface area (Å²) in [5.41, 5.74) is 3.25. The van der Waals surface area contributed by atoms with Gasteiger partial charge in [0.25, 0.3) is 0 Å². The molecule has 1 aliphatic rings. The standard InChI is InChI=1S/C29H40BrNO4/c1-7-21-16-27(33-5)28(34-6)17-24(21)25(15-20-9-11-22(30)12-10-20)31-29(32)35-26-14-19(4)8-13-23(26)18(2)3/h9-12,16-19,23,25-26H,7-8,13-15H2,1-6H3,(H,31,32)/t19-,23+,25?,26?/m0/s1. The van der Waals surface area contributed by atoms with E-state index < -0.39 is 0 Å². The molecule has 1 N–H and O–H groups in total. The molecule has 35 heavy (non-hydrogen) atoms. The number of ether oxygens (including phenoxy) is 3. The highest BCUT2D eigenvalue weighted by atomic mass is 79.9. The van der Waals surface area contributed by atoms with E-state index in [1.54, 1.807) is 14.2 Å². The first kappa shape index (κ1) is 27.4. The van der Waals surface area contributed by atoms with Crippen LogP contribution in [0.15, 0.2) is 40.9 Å². The van der Waals surface area contributed by atoms with Gasteiger partial charge in [-0.25, -0.2) is 4.79 Å². The van der Waals surface area contributed by atoms with Crippen LogP contribution in [0, 0.1) is 17.8 Å². The van der Waals surface area contributed by atoms with Gasteiger partial charge in [0.1, 0.15) is 6.10 Å². The lowest BCUT2D eigenvalue weighted by atomic mass is 9.75. The third-order valence-electron chi connectivity index (χ3n) is 7.27. The summed E-state index contributed by atoms with van der Waals surface area (Å²) in [6.45, 7) is 8.81. The summed E-state index contributed by atoms with van der Waals surface area (Å²) < 4.78 is 18.3. The van der Waals surface area contributed by atoms with Crippen LogP contribution < -0.4 is 14.8 Å². The van der Waals surface area contributed by atoms with Crippen LogP contribution in [-0.2, 0) is 17.6 Å². The fourth-order valence-electron chi connectivity index (χ4n) is 5.23. The molecule has 5 nitrogen and oxygen atoms in total. The van der Waals surface area contributed by atoms with E-state index in [0.717, 1.165) is 40.4 Å². The first-order valence-electron chi connectivity index (χ1n) is 12.7. The molecule has 3 rings (SSSR count). The number of amides is 1. The van der Waals surface area contributed by atoms with Crippen molar-refractivity contribution in [3.05, 3.63) is 57.6 Å². The molecule has 0 saturated heterocycles. The number of aryl methyl sites for hydroxylation is 1. The summed E-state index contributed by atoms with van der Waals surface area (Å²) >= 11 is 3.51. The molecular weight excluding hydrogens is 506 g/mol. The minimum atomic E-state index is -0.353. The van der Waals surface area contributed by atoms with Crippen molar-refractivity contribution < 1.29 is 19.0 Å². The van der Waals surface area contributed by atoms with Gasteiger partial charge in [-0.2, -0.15) is 0 Å². The number of methoxy groups -OCH3 is 2. The highest BCUT2D eigenvalue weighted by molar-refractivity contribution is 9.10. The lowest BCUT2D eigenvalue weighted by Crippen LogP contribution is -2.40. The van der Waals surface area contributed by atoms with Gasteiger partial charge in [0, 0.05) is 4.47 Å². The van der Waals surface area contributed by atoms with E-state index in [0.29, 0.717) is 35.7 Å². The van der Waals surface area contributed by atoms with E-state index in [-0.39, 0.29) is 18.2 Å². The molecule has 0 bridgehead atoms. The molecule has 0 heterocycles. The largest absolute Gasteiger partial charge is 0.493 e. The lowest BCUT2D eigenvalue weighted by molar-refractivity contribution is 0.00491. The predicted molar refractivity (Wildman–Crippen MR) is 144 cm³/mol. The molecule has 1 aliphatic carbocycles. The number of alkyl carbamates (subject to hydrolysis) is 1. The van der Waals surface area contributed by atoms with Gasteiger partial charge >= 0.3 is 6.09 Å². The summed E-state index contributed by atoms with van der Waals surface area (Å²) in [6, 6.07) is 11.9. The van der Waals surface area contributed by atoms with Crippen LogP contribution in [0.4, 0.5) is 4.79 Å². The second-order valence-electron chi connectivity index (χ2n) is 10.1. The molecule has 2 unspecified atom stereocenters. The fourth-order valence-corrected chi connectivity index (χ4v) is 5.49. The van der Waals surface area contributed by atoms with Crippen molar-refractivity contribution in [2.75, 3.05) is 14.2 Å². The normalized spacial score (nSPS) is 20.9. The fraction of sp³-hybridized carbons (Fsp3) is 0.552. The number of carbonyl (C=O) groups is 1. The van der Waals surface area contributed by atoms with Crippen LogP contribution >= 0.6 is 15.9 Å². The van der Waals surface area contributed by atoms with E-state index in [9.17, 15) is 4.79 Å². The Bertz CT molecular complexity index is 975. The molecule has 1 fully saturated rings. The van der Waals surface area contributed by atoms with Crippen molar-refractivity contribution in [3.8, 4) is 11.5 Å². The number of halogens is 1. The smallest absolute Gasteiger partial charge is 0.407 e. The van der Waals surface area contributed by atoms with Crippen molar-refractivity contribution in [1.29, 1.82) is 0 Å². The van der Waals surface area contributed by atoms with Crippen molar-refractivity contribution in [2.45, 2.75) is 71.9 Å². The Labute approximate surface area is 219 Å². The Hall–Kier alpha value is -2.21. The van der Waals surface area contributed by atoms with Gasteiger partial charge in [-0.15, -0.1) is 0 Å². The zero-order valence-electron chi connectivity index (χ0n) is 21.9. The second kappa shape index (κ2) is 12.7. The minimum Gasteiger partial charge on any atom is -0.493 e. The molecule has 2 aromatic rings. The van der Waals surface area contributed by atoms with Crippen molar-refractivity contribution in [3.63, 3.8) is 0 Å². The molecule has 0 aliphatic heterocycles. The van der Waals surface area contributed by atoms with Gasteiger partial charge in [0.05, 0.1) is 20.3 Å². The molecular formula is C29H40BrNO4. The van der Waals surface area contributed by atoms with Crippen LogP contribution in [0.2, 0.25) is 0 Å².